The van der Waals surface area contributed by atoms with Crippen LogP contribution in [-0.4, -0.2) is 47.3 Å². The van der Waals surface area contributed by atoms with Gasteiger partial charge in [-0.15, -0.1) is 0 Å². The summed E-state index contributed by atoms with van der Waals surface area (Å²) in [7, 11) is -3.01. The lowest BCUT2D eigenvalue weighted by atomic mass is 10.5. The molecule has 0 bridgehead atoms. The Hall–Kier alpha value is -1.21. The molecule has 10 heteroatoms. The average molecular weight is 276 g/mol. The van der Waals surface area contributed by atoms with E-state index < -0.39 is 38.9 Å². The first kappa shape index (κ1) is 15.8. The van der Waals surface area contributed by atoms with Gasteiger partial charge in [-0.3, -0.25) is 14.5 Å². The number of amides is 1. The molecule has 0 heterocycles. The van der Waals surface area contributed by atoms with Crippen LogP contribution in [0.2, 0.25) is 0 Å². The molecular weight excluding hydrogens is 266 g/mol. The van der Waals surface area contributed by atoms with Gasteiger partial charge >= 0.3 is 26.1 Å². The summed E-state index contributed by atoms with van der Waals surface area (Å²) in [6.45, 7) is 0.340. The predicted octanol–water partition coefficient (Wildman–Crippen LogP) is 0.633. The Labute approximate surface area is 95.2 Å². The Morgan fingerprint density at radius 1 is 1.41 bits per heavy atom. The van der Waals surface area contributed by atoms with E-state index in [1.54, 1.807) is 0 Å². The number of hydrogen-bond acceptors (Lipinski definition) is 4. The maximum absolute atomic E-state index is 12.1. The first-order chi connectivity index (χ1) is 7.68. The van der Waals surface area contributed by atoms with Gasteiger partial charge in [-0.05, 0) is 11.5 Å². The summed E-state index contributed by atoms with van der Waals surface area (Å²) >= 11 is 0. The van der Waals surface area contributed by atoms with E-state index in [1.807, 2.05) is 0 Å². The Bertz CT molecular complexity index is 319. The van der Waals surface area contributed by atoms with E-state index in [-0.39, 0.29) is 11.5 Å². The van der Waals surface area contributed by atoms with E-state index in [2.05, 4.69) is 4.74 Å². The smallest absolute Gasteiger partial charge is 0.465 e. The second kappa shape index (κ2) is 6.51. The largest absolute Gasteiger partial charge is 0.527 e. The Morgan fingerprint density at radius 3 is 2.29 bits per heavy atom. The molecule has 6 nitrogen and oxygen atoms in total. The zero-order chi connectivity index (χ0) is 13.6. The quantitative estimate of drug-likeness (QED) is 0.588. The standard InChI is InChI=1S/C7H9F3NO5P/c1-2-16-5(12)3-11(4-17(14)15)6(13)7(8,9)10/h2-4H2,1H3/p+1. The molecule has 0 saturated carbocycles. The van der Waals surface area contributed by atoms with E-state index in [0.717, 1.165) is 0 Å². The van der Waals surface area contributed by atoms with Gasteiger partial charge in [0.25, 0.3) is 6.29 Å². The monoisotopic (exact) mass is 276 g/mol. The third-order valence-corrected chi connectivity index (χ3v) is 2.03. The summed E-state index contributed by atoms with van der Waals surface area (Å²) in [5.41, 5.74) is 0. The van der Waals surface area contributed by atoms with Crippen molar-refractivity contribution in [2.45, 2.75) is 13.1 Å². The van der Waals surface area contributed by atoms with Crippen LogP contribution in [0.3, 0.4) is 0 Å². The number of esters is 1. The molecule has 17 heavy (non-hydrogen) atoms. The highest BCUT2D eigenvalue weighted by Gasteiger charge is 2.45. The highest BCUT2D eigenvalue weighted by molar-refractivity contribution is 7.37. The second-order valence-electron chi connectivity index (χ2n) is 2.80. The van der Waals surface area contributed by atoms with E-state index >= 15 is 0 Å². The minimum Gasteiger partial charge on any atom is -0.465 e. The Morgan fingerprint density at radius 2 is 1.94 bits per heavy atom. The van der Waals surface area contributed by atoms with Crippen molar-refractivity contribution >= 4 is 19.9 Å². The maximum Gasteiger partial charge on any atom is 0.527 e. The molecule has 0 spiro atoms. The van der Waals surface area contributed by atoms with Crippen molar-refractivity contribution in [3.63, 3.8) is 0 Å². The average Bonchev–Trinajstić information content (AvgIpc) is 2.13. The molecule has 0 radical (unpaired) electrons. The normalized spacial score (nSPS) is 11.9. The fraction of sp³-hybridized carbons (Fsp3) is 0.714. The van der Waals surface area contributed by atoms with Crippen molar-refractivity contribution in [2.75, 3.05) is 19.4 Å². The number of rotatable bonds is 5. The number of alkyl halides is 3. The van der Waals surface area contributed by atoms with Crippen LogP contribution in [0.25, 0.3) is 0 Å². The third-order valence-electron chi connectivity index (χ3n) is 1.45. The Kier molecular flexibility index (Phi) is 6.04. The molecular formula is C7H10F3NO5P+. The predicted molar refractivity (Wildman–Crippen MR) is 49.1 cm³/mol. The topological polar surface area (TPSA) is 83.9 Å². The first-order valence-corrected chi connectivity index (χ1v) is 5.73. The summed E-state index contributed by atoms with van der Waals surface area (Å²) in [5, 5.41) is 0. The van der Waals surface area contributed by atoms with Gasteiger partial charge in [-0.1, -0.05) is 0 Å². The molecule has 0 saturated heterocycles. The van der Waals surface area contributed by atoms with Crippen molar-refractivity contribution in [1.82, 2.24) is 4.90 Å². The summed E-state index contributed by atoms with van der Waals surface area (Å²) in [6, 6.07) is 0. The van der Waals surface area contributed by atoms with Crippen molar-refractivity contribution in [3.05, 3.63) is 0 Å². The number of carbonyl (C=O) groups is 2. The summed E-state index contributed by atoms with van der Waals surface area (Å²) in [4.78, 5) is 30.1. The van der Waals surface area contributed by atoms with Gasteiger partial charge in [0.15, 0.2) is 0 Å². The number of carbonyl (C=O) groups excluding carboxylic acids is 2. The van der Waals surface area contributed by atoms with Gasteiger partial charge in [0.05, 0.1) is 6.61 Å². The van der Waals surface area contributed by atoms with Gasteiger partial charge in [0, 0.05) is 0 Å². The molecule has 0 aliphatic carbocycles. The van der Waals surface area contributed by atoms with Crippen LogP contribution in [0, 0.1) is 0 Å². The zero-order valence-electron chi connectivity index (χ0n) is 8.73. The molecule has 98 valence electrons. The minimum absolute atomic E-state index is 0.0713. The van der Waals surface area contributed by atoms with Crippen LogP contribution in [0.5, 0.6) is 0 Å². The van der Waals surface area contributed by atoms with Crippen LogP contribution in [0.4, 0.5) is 13.2 Å². The minimum atomic E-state index is -5.21. The van der Waals surface area contributed by atoms with Crippen LogP contribution in [0.1, 0.15) is 6.92 Å². The summed E-state index contributed by atoms with van der Waals surface area (Å²) < 4.78 is 51.0. The number of ether oxygens (including phenoxy) is 1. The first-order valence-electron chi connectivity index (χ1n) is 4.33. The lowest BCUT2D eigenvalue weighted by molar-refractivity contribution is -0.186. The molecule has 1 unspecified atom stereocenters. The molecule has 1 atom stereocenters. The SMILES string of the molecule is CCOC(=O)CN(C[P+](=O)O)C(=O)C(F)(F)F. The maximum atomic E-state index is 12.1. The Balaban J connectivity index is 4.71. The van der Waals surface area contributed by atoms with Crippen molar-refractivity contribution < 1.29 is 37.0 Å². The van der Waals surface area contributed by atoms with Crippen molar-refractivity contribution in [1.29, 1.82) is 0 Å². The fourth-order valence-electron chi connectivity index (χ4n) is 0.874. The van der Waals surface area contributed by atoms with E-state index in [1.165, 1.54) is 6.92 Å². The highest BCUT2D eigenvalue weighted by atomic mass is 31.1. The molecule has 0 aromatic carbocycles. The van der Waals surface area contributed by atoms with Gasteiger partial charge in [-0.25, -0.2) is 0 Å². The number of hydrogen-bond donors (Lipinski definition) is 1. The second-order valence-corrected chi connectivity index (χ2v) is 3.79. The molecule has 0 aromatic heterocycles. The van der Waals surface area contributed by atoms with Gasteiger partial charge < -0.3 is 4.74 Å². The molecule has 0 aliphatic heterocycles. The van der Waals surface area contributed by atoms with Crippen LogP contribution < -0.4 is 0 Å². The third kappa shape index (κ3) is 6.18. The molecule has 0 aromatic rings. The fourth-order valence-corrected chi connectivity index (χ4v) is 1.39. The number of nitrogens with zero attached hydrogens (tertiary/aromatic N) is 1. The van der Waals surface area contributed by atoms with Gasteiger partial charge in [-0.2, -0.15) is 18.1 Å². The van der Waals surface area contributed by atoms with Crippen molar-refractivity contribution in [3.8, 4) is 0 Å². The highest BCUT2D eigenvalue weighted by Crippen LogP contribution is 2.22. The van der Waals surface area contributed by atoms with Crippen LogP contribution >= 0.6 is 8.03 Å². The van der Waals surface area contributed by atoms with E-state index in [4.69, 9.17) is 4.89 Å². The lowest BCUT2D eigenvalue weighted by Gasteiger charge is -2.17. The van der Waals surface area contributed by atoms with E-state index in [0.29, 0.717) is 0 Å². The van der Waals surface area contributed by atoms with Gasteiger partial charge in [0.1, 0.15) is 6.54 Å². The summed E-state index contributed by atoms with van der Waals surface area (Å²) in [6.07, 6.45) is -6.29. The molecule has 0 aliphatic rings. The number of halogens is 3. The molecule has 1 amide bonds. The van der Waals surface area contributed by atoms with Crippen LogP contribution in [-0.2, 0) is 18.9 Å². The molecule has 0 fully saturated rings. The molecule has 1 N–H and O–H groups in total. The molecule has 0 rings (SSSR count). The van der Waals surface area contributed by atoms with Crippen LogP contribution in [0.15, 0.2) is 0 Å². The van der Waals surface area contributed by atoms with Crippen molar-refractivity contribution in [2.24, 2.45) is 0 Å². The van der Waals surface area contributed by atoms with E-state index in [9.17, 15) is 27.3 Å². The van der Waals surface area contributed by atoms with Gasteiger partial charge in [0.2, 0.25) is 0 Å². The summed E-state index contributed by atoms with van der Waals surface area (Å²) in [5.74, 6) is -3.44. The lowest BCUT2D eigenvalue weighted by Crippen LogP contribution is -2.43. The zero-order valence-corrected chi connectivity index (χ0v) is 9.62.